The van der Waals surface area contributed by atoms with E-state index in [1.165, 1.54) is 11.2 Å². The third kappa shape index (κ3) is 4.78. The molecule has 11 heteroatoms. The first-order valence-electron chi connectivity index (χ1n) is 13.5. The molecule has 40 heavy (non-hydrogen) atoms. The Balaban J connectivity index is 1.33. The fourth-order valence-electron chi connectivity index (χ4n) is 6.27. The maximum Gasteiger partial charge on any atom is 0.416 e. The number of fused-ring (bicyclic) bond motifs is 1. The molecule has 3 aromatic rings. The lowest BCUT2D eigenvalue weighted by Crippen LogP contribution is -2.47. The van der Waals surface area contributed by atoms with Crippen LogP contribution in [0.15, 0.2) is 42.7 Å². The first kappa shape index (κ1) is 26.9. The minimum absolute atomic E-state index is 0.0410. The Morgan fingerprint density at radius 2 is 1.90 bits per heavy atom. The van der Waals surface area contributed by atoms with Gasteiger partial charge in [-0.1, -0.05) is 12.1 Å². The van der Waals surface area contributed by atoms with Gasteiger partial charge in [0, 0.05) is 49.1 Å². The molecule has 212 valence electrons. The number of aryl methyl sites for hydroxylation is 1. The van der Waals surface area contributed by atoms with Crippen molar-refractivity contribution in [1.82, 2.24) is 20.1 Å². The predicted octanol–water partition coefficient (Wildman–Crippen LogP) is 6.20. The fraction of sp³-hybridized carbons (Fsp3) is 0.483. The number of alkyl halides is 5. The van der Waals surface area contributed by atoms with Crippen LogP contribution in [0.3, 0.4) is 0 Å². The van der Waals surface area contributed by atoms with Crippen molar-refractivity contribution in [2.45, 2.75) is 75.7 Å². The van der Waals surface area contributed by atoms with Gasteiger partial charge < -0.3 is 14.8 Å². The van der Waals surface area contributed by atoms with Crippen molar-refractivity contribution in [3.8, 4) is 0 Å². The Morgan fingerprint density at radius 1 is 1.15 bits per heavy atom. The SMILES string of the molecule is Cn1cnnc1C(c1cccc(N2Cc3c(cc(CNC4(C)CCC4)cc3C(F)(F)F)C2=O)c1)C1CC(F)(F)C1. The van der Waals surface area contributed by atoms with E-state index in [-0.39, 0.29) is 48.5 Å². The van der Waals surface area contributed by atoms with Gasteiger partial charge in [0.05, 0.1) is 12.1 Å². The molecular weight excluding hydrogens is 529 g/mol. The summed E-state index contributed by atoms with van der Waals surface area (Å²) in [6, 6.07) is 9.53. The number of anilines is 1. The van der Waals surface area contributed by atoms with Crippen molar-refractivity contribution >= 4 is 11.6 Å². The van der Waals surface area contributed by atoms with Crippen LogP contribution in [0.5, 0.6) is 0 Å². The van der Waals surface area contributed by atoms with Crippen LogP contribution in [0, 0.1) is 5.92 Å². The summed E-state index contributed by atoms with van der Waals surface area (Å²) in [6.07, 6.45) is -0.720. The number of carbonyl (C=O) groups is 1. The summed E-state index contributed by atoms with van der Waals surface area (Å²) in [7, 11) is 1.74. The summed E-state index contributed by atoms with van der Waals surface area (Å²) in [5, 5.41) is 11.4. The van der Waals surface area contributed by atoms with Crippen molar-refractivity contribution in [3.05, 3.63) is 76.4 Å². The average Bonchev–Trinajstić information content (AvgIpc) is 3.43. The van der Waals surface area contributed by atoms with Crippen LogP contribution < -0.4 is 10.2 Å². The van der Waals surface area contributed by atoms with Crippen molar-refractivity contribution in [2.75, 3.05) is 4.90 Å². The lowest BCUT2D eigenvalue weighted by molar-refractivity contribution is -0.138. The summed E-state index contributed by atoms with van der Waals surface area (Å²) in [4.78, 5) is 14.9. The van der Waals surface area contributed by atoms with Gasteiger partial charge in [-0.05, 0) is 73.1 Å². The molecule has 0 bridgehead atoms. The third-order valence-corrected chi connectivity index (χ3v) is 8.74. The van der Waals surface area contributed by atoms with E-state index < -0.39 is 29.5 Å². The number of carbonyl (C=O) groups excluding carboxylic acids is 1. The van der Waals surface area contributed by atoms with Gasteiger partial charge in [0.2, 0.25) is 5.92 Å². The minimum atomic E-state index is -4.62. The molecule has 2 saturated carbocycles. The van der Waals surface area contributed by atoms with E-state index in [0.29, 0.717) is 22.6 Å². The minimum Gasteiger partial charge on any atom is -0.320 e. The summed E-state index contributed by atoms with van der Waals surface area (Å²) in [6.45, 7) is 2.06. The molecule has 0 radical (unpaired) electrons. The van der Waals surface area contributed by atoms with E-state index >= 15 is 0 Å². The summed E-state index contributed by atoms with van der Waals surface area (Å²) in [5.74, 6) is -3.62. The topological polar surface area (TPSA) is 63.1 Å². The molecule has 2 aliphatic carbocycles. The maximum atomic E-state index is 14.2. The van der Waals surface area contributed by atoms with Gasteiger partial charge in [-0.15, -0.1) is 10.2 Å². The maximum absolute atomic E-state index is 14.2. The molecule has 1 N–H and O–H groups in total. The molecule has 0 spiro atoms. The molecule has 1 unspecified atom stereocenters. The highest BCUT2D eigenvalue weighted by Gasteiger charge is 2.50. The van der Waals surface area contributed by atoms with Crippen LogP contribution in [0.4, 0.5) is 27.6 Å². The molecule has 0 saturated heterocycles. The number of halogens is 5. The van der Waals surface area contributed by atoms with Gasteiger partial charge in [0.15, 0.2) is 0 Å². The molecule has 1 amide bonds. The van der Waals surface area contributed by atoms with Crippen molar-refractivity contribution < 1.29 is 26.7 Å². The second-order valence-electron chi connectivity index (χ2n) is 11.7. The summed E-state index contributed by atoms with van der Waals surface area (Å²) < 4.78 is 71.9. The molecule has 2 heterocycles. The summed E-state index contributed by atoms with van der Waals surface area (Å²) >= 11 is 0. The van der Waals surface area contributed by atoms with Gasteiger partial charge in [0.1, 0.15) is 12.2 Å². The zero-order valence-corrected chi connectivity index (χ0v) is 22.2. The van der Waals surface area contributed by atoms with E-state index in [9.17, 15) is 26.7 Å². The van der Waals surface area contributed by atoms with E-state index in [0.717, 1.165) is 25.3 Å². The number of nitrogens with one attached hydrogen (secondary N) is 1. The first-order valence-corrected chi connectivity index (χ1v) is 13.5. The quantitative estimate of drug-likeness (QED) is 0.350. The molecule has 1 aliphatic heterocycles. The standard InChI is InChI=1S/C29H30F5N5O/c1-27(7-4-8-27)35-14-17-9-21-22(23(10-17)29(32,33)34)15-39(26(21)40)20-6-3-5-18(11-20)24(19-12-28(30,31)13-19)25-37-36-16-38(25)2/h3,5-6,9-11,16,19,24,35H,4,7-8,12-15H2,1-2H3. The van der Waals surface area contributed by atoms with Gasteiger partial charge in [0.25, 0.3) is 5.91 Å². The van der Waals surface area contributed by atoms with Crippen LogP contribution >= 0.6 is 0 Å². The van der Waals surface area contributed by atoms with Crippen LogP contribution in [-0.4, -0.2) is 32.1 Å². The van der Waals surface area contributed by atoms with Gasteiger partial charge in [-0.2, -0.15) is 13.2 Å². The lowest BCUT2D eigenvalue weighted by atomic mass is 9.70. The Hall–Kier alpha value is -3.34. The second-order valence-corrected chi connectivity index (χ2v) is 11.7. The number of amides is 1. The molecule has 1 atom stereocenters. The Morgan fingerprint density at radius 3 is 2.50 bits per heavy atom. The van der Waals surface area contributed by atoms with Crippen LogP contribution in [0.2, 0.25) is 0 Å². The largest absolute Gasteiger partial charge is 0.416 e. The average molecular weight is 560 g/mol. The van der Waals surface area contributed by atoms with Crippen molar-refractivity contribution in [2.24, 2.45) is 13.0 Å². The van der Waals surface area contributed by atoms with Crippen molar-refractivity contribution in [1.29, 1.82) is 0 Å². The Bertz CT molecular complexity index is 1450. The number of benzene rings is 2. The van der Waals surface area contributed by atoms with E-state index in [1.54, 1.807) is 41.9 Å². The van der Waals surface area contributed by atoms with E-state index in [1.807, 2.05) is 6.92 Å². The van der Waals surface area contributed by atoms with E-state index in [4.69, 9.17) is 0 Å². The highest BCUT2D eigenvalue weighted by Crippen LogP contribution is 2.51. The normalized spacial score (nSPS) is 20.7. The highest BCUT2D eigenvalue weighted by atomic mass is 19.4. The van der Waals surface area contributed by atoms with Gasteiger partial charge >= 0.3 is 6.18 Å². The van der Waals surface area contributed by atoms with E-state index in [2.05, 4.69) is 15.5 Å². The number of hydrogen-bond acceptors (Lipinski definition) is 4. The number of nitrogens with zero attached hydrogens (tertiary/aromatic N) is 4. The molecule has 3 aliphatic rings. The first-order chi connectivity index (χ1) is 18.8. The highest BCUT2D eigenvalue weighted by molar-refractivity contribution is 6.10. The van der Waals surface area contributed by atoms with Crippen LogP contribution in [0.1, 0.15) is 83.4 Å². The van der Waals surface area contributed by atoms with Crippen molar-refractivity contribution in [3.63, 3.8) is 0 Å². The molecule has 1 aromatic heterocycles. The zero-order chi connectivity index (χ0) is 28.4. The predicted molar refractivity (Wildman–Crippen MR) is 138 cm³/mol. The summed E-state index contributed by atoms with van der Waals surface area (Å²) in [5.41, 5.74) is 0.568. The lowest BCUT2D eigenvalue weighted by Gasteiger charge is -2.40. The smallest absolute Gasteiger partial charge is 0.320 e. The number of rotatable bonds is 7. The van der Waals surface area contributed by atoms with Gasteiger partial charge in [-0.25, -0.2) is 8.78 Å². The zero-order valence-electron chi connectivity index (χ0n) is 22.2. The second kappa shape index (κ2) is 9.36. The monoisotopic (exact) mass is 559 g/mol. The molecule has 6 nitrogen and oxygen atoms in total. The molecular formula is C29H30F5N5O. The Kier molecular flexibility index (Phi) is 6.28. The number of hydrogen-bond donors (Lipinski definition) is 1. The fourth-order valence-corrected chi connectivity index (χ4v) is 6.27. The van der Waals surface area contributed by atoms with Crippen LogP contribution in [0.25, 0.3) is 0 Å². The van der Waals surface area contributed by atoms with Crippen LogP contribution in [-0.2, 0) is 26.3 Å². The molecule has 6 rings (SSSR count). The number of aromatic nitrogens is 3. The third-order valence-electron chi connectivity index (χ3n) is 8.74. The Labute approximate surface area is 228 Å². The molecule has 2 fully saturated rings. The molecule has 2 aromatic carbocycles. The van der Waals surface area contributed by atoms with Gasteiger partial charge in [-0.3, -0.25) is 4.79 Å².